The molecule has 1 unspecified atom stereocenters. The van der Waals surface area contributed by atoms with Crippen molar-refractivity contribution in [3.05, 3.63) is 64.5 Å². The Morgan fingerprint density at radius 1 is 1.23 bits per heavy atom. The maximum atomic E-state index is 14.4. The molecule has 3 aromatic rings. The number of fused-ring (bicyclic) bond motifs is 3. The summed E-state index contributed by atoms with van der Waals surface area (Å²) in [6, 6.07) is 6.35. The van der Waals surface area contributed by atoms with Crippen molar-refractivity contribution in [2.75, 3.05) is 6.54 Å². The number of sulfonamides is 1. The third-order valence-electron chi connectivity index (χ3n) is 5.29. The number of rotatable bonds is 5. The first kappa shape index (κ1) is 21.1. The third-order valence-corrected chi connectivity index (χ3v) is 6.94. The molecule has 4 rings (SSSR count). The molecule has 0 aliphatic heterocycles. The molecule has 0 spiro atoms. The number of nitrogens with zero attached hydrogens (tertiary/aromatic N) is 2. The lowest BCUT2D eigenvalue weighted by molar-refractivity contribution is 0.221. The number of benzene rings is 1. The topological polar surface area (TPSA) is 72.0 Å². The van der Waals surface area contributed by atoms with Gasteiger partial charge >= 0.3 is 0 Å². The molecule has 0 fully saturated rings. The summed E-state index contributed by atoms with van der Waals surface area (Å²) in [5, 5.41) is 1.20. The molecule has 1 N–H and O–H groups in total. The molecule has 5 nitrogen and oxygen atoms in total. The Bertz CT molecular complexity index is 1240. The smallest absolute Gasteiger partial charge is 0.241 e. The van der Waals surface area contributed by atoms with Gasteiger partial charge in [0.25, 0.3) is 0 Å². The highest BCUT2D eigenvalue weighted by atomic mass is 35.5. The Hall–Kier alpha value is -2.16. The lowest BCUT2D eigenvalue weighted by Gasteiger charge is -2.19. The largest absolute Gasteiger partial charge is 0.244 e. The van der Waals surface area contributed by atoms with Crippen LogP contribution in [0.25, 0.3) is 10.8 Å². The molecule has 1 aliphatic carbocycles. The van der Waals surface area contributed by atoms with E-state index in [1.807, 2.05) is 0 Å². The molecule has 9 heteroatoms. The SMILES string of the molecule is CC(C)(F)CNS(=O)(=O)c1cc2c(c3cnc(Cl)cc13)CCC2c1cccnc1F. The van der Waals surface area contributed by atoms with Gasteiger partial charge in [-0.1, -0.05) is 17.7 Å². The molecule has 1 aromatic carbocycles. The van der Waals surface area contributed by atoms with Gasteiger partial charge in [0.15, 0.2) is 0 Å². The zero-order valence-electron chi connectivity index (χ0n) is 16.4. The highest BCUT2D eigenvalue weighted by Gasteiger charge is 2.32. The maximum absolute atomic E-state index is 14.4. The van der Waals surface area contributed by atoms with E-state index >= 15 is 0 Å². The summed E-state index contributed by atoms with van der Waals surface area (Å²) in [5.41, 5.74) is 0.310. The number of pyridine rings is 2. The number of nitrogens with one attached hydrogen (secondary N) is 1. The minimum atomic E-state index is -4.06. The molecule has 2 aromatic heterocycles. The first-order chi connectivity index (χ1) is 14.1. The van der Waals surface area contributed by atoms with E-state index in [2.05, 4.69) is 14.7 Å². The van der Waals surface area contributed by atoms with Crippen molar-refractivity contribution >= 4 is 32.4 Å². The van der Waals surface area contributed by atoms with Crippen LogP contribution in [-0.2, 0) is 16.4 Å². The van der Waals surface area contributed by atoms with E-state index in [1.54, 1.807) is 18.2 Å². The fraction of sp³-hybridized carbons (Fsp3) is 0.333. The van der Waals surface area contributed by atoms with Gasteiger partial charge in [-0.25, -0.2) is 27.5 Å². The average Bonchev–Trinajstić information content (AvgIpc) is 3.09. The van der Waals surface area contributed by atoms with E-state index in [9.17, 15) is 17.2 Å². The second-order valence-electron chi connectivity index (χ2n) is 8.01. The summed E-state index contributed by atoms with van der Waals surface area (Å²) < 4.78 is 56.8. The molecule has 0 radical (unpaired) electrons. The first-order valence-corrected chi connectivity index (χ1v) is 11.3. The van der Waals surface area contributed by atoms with E-state index in [-0.39, 0.29) is 22.5 Å². The Morgan fingerprint density at radius 2 is 2.00 bits per heavy atom. The standard InChI is InChI=1S/C21H20ClF2N3O2S/c1-21(2,24)11-27-30(28,29)18-8-15-12(14-4-3-7-25-20(14)23)5-6-13(15)17-10-26-19(22)9-16(17)18/h3-4,7-10,12,27H,5-6,11H2,1-2H3. The van der Waals surface area contributed by atoms with Crippen molar-refractivity contribution < 1.29 is 17.2 Å². The monoisotopic (exact) mass is 451 g/mol. The third kappa shape index (κ3) is 3.91. The quantitative estimate of drug-likeness (QED) is 0.578. The highest BCUT2D eigenvalue weighted by molar-refractivity contribution is 7.89. The Morgan fingerprint density at radius 3 is 2.70 bits per heavy atom. The minimum Gasteiger partial charge on any atom is -0.244 e. The van der Waals surface area contributed by atoms with Crippen LogP contribution in [0.5, 0.6) is 0 Å². The summed E-state index contributed by atoms with van der Waals surface area (Å²) in [6.07, 6.45) is 4.17. The summed E-state index contributed by atoms with van der Waals surface area (Å²) in [5.74, 6) is -0.910. The molecule has 1 aliphatic rings. The fourth-order valence-electron chi connectivity index (χ4n) is 3.92. The first-order valence-electron chi connectivity index (χ1n) is 9.47. The predicted molar refractivity (Wildman–Crippen MR) is 111 cm³/mol. The van der Waals surface area contributed by atoms with E-state index in [0.29, 0.717) is 34.7 Å². The summed E-state index contributed by atoms with van der Waals surface area (Å²) in [7, 11) is -4.06. The van der Waals surface area contributed by atoms with Gasteiger partial charge in [0.1, 0.15) is 10.8 Å². The number of alkyl halides is 1. The van der Waals surface area contributed by atoms with Gasteiger partial charge in [-0.3, -0.25) is 0 Å². The van der Waals surface area contributed by atoms with Crippen molar-refractivity contribution in [2.24, 2.45) is 0 Å². The zero-order valence-corrected chi connectivity index (χ0v) is 18.0. The van der Waals surface area contributed by atoms with E-state index < -0.39 is 21.6 Å². The molecule has 30 heavy (non-hydrogen) atoms. The highest BCUT2D eigenvalue weighted by Crippen LogP contribution is 2.44. The average molecular weight is 452 g/mol. The van der Waals surface area contributed by atoms with Crippen molar-refractivity contribution in [3.8, 4) is 0 Å². The minimum absolute atomic E-state index is 0.0269. The number of halogens is 3. The van der Waals surface area contributed by atoms with Crippen molar-refractivity contribution in [1.29, 1.82) is 0 Å². The molecule has 1 atom stereocenters. The number of hydrogen-bond donors (Lipinski definition) is 1. The summed E-state index contributed by atoms with van der Waals surface area (Å²) >= 11 is 6.04. The van der Waals surface area contributed by atoms with Crippen LogP contribution in [0, 0.1) is 5.95 Å². The van der Waals surface area contributed by atoms with Crippen molar-refractivity contribution in [2.45, 2.75) is 43.2 Å². The van der Waals surface area contributed by atoms with Crippen LogP contribution < -0.4 is 4.72 Å². The zero-order chi connectivity index (χ0) is 21.7. The van der Waals surface area contributed by atoms with Gasteiger partial charge in [-0.2, -0.15) is 4.39 Å². The second-order valence-corrected chi connectivity index (χ2v) is 10.1. The number of aryl methyl sites for hydroxylation is 1. The predicted octanol–water partition coefficient (Wildman–Crippen LogP) is 4.53. The van der Waals surface area contributed by atoms with Crippen molar-refractivity contribution in [1.82, 2.24) is 14.7 Å². The van der Waals surface area contributed by atoms with Crippen LogP contribution in [0.2, 0.25) is 5.15 Å². The summed E-state index contributed by atoms with van der Waals surface area (Å²) in [6.45, 7) is 2.20. The lowest BCUT2D eigenvalue weighted by atomic mass is 9.92. The van der Waals surface area contributed by atoms with Gasteiger partial charge in [0, 0.05) is 41.2 Å². The molecule has 158 valence electrons. The van der Waals surface area contributed by atoms with Crippen LogP contribution >= 0.6 is 11.6 Å². The van der Waals surface area contributed by atoms with Gasteiger partial charge in [0.2, 0.25) is 16.0 Å². The maximum Gasteiger partial charge on any atom is 0.241 e. The van der Waals surface area contributed by atoms with Gasteiger partial charge in [0.05, 0.1) is 4.90 Å². The van der Waals surface area contributed by atoms with Crippen LogP contribution in [-0.4, -0.2) is 30.6 Å². The molecular weight excluding hydrogens is 432 g/mol. The fourth-order valence-corrected chi connectivity index (χ4v) is 5.51. The Balaban J connectivity index is 1.92. The molecule has 2 heterocycles. The second kappa shape index (κ2) is 7.51. The van der Waals surface area contributed by atoms with Crippen LogP contribution in [0.4, 0.5) is 8.78 Å². The van der Waals surface area contributed by atoms with Crippen LogP contribution in [0.1, 0.15) is 42.9 Å². The summed E-state index contributed by atoms with van der Waals surface area (Å²) in [4.78, 5) is 7.81. The van der Waals surface area contributed by atoms with Crippen LogP contribution in [0.15, 0.2) is 41.6 Å². The number of hydrogen-bond acceptors (Lipinski definition) is 4. The molecule has 0 amide bonds. The van der Waals surface area contributed by atoms with Crippen molar-refractivity contribution in [3.63, 3.8) is 0 Å². The van der Waals surface area contributed by atoms with Gasteiger partial charge in [-0.05, 0) is 56.0 Å². The molecule has 0 bridgehead atoms. The molecule has 0 saturated heterocycles. The van der Waals surface area contributed by atoms with Gasteiger partial charge < -0.3 is 0 Å². The van der Waals surface area contributed by atoms with Gasteiger partial charge in [-0.15, -0.1) is 0 Å². The molecule has 0 saturated carbocycles. The van der Waals surface area contributed by atoms with Crippen LogP contribution in [0.3, 0.4) is 0 Å². The lowest BCUT2D eigenvalue weighted by Crippen LogP contribution is -2.35. The van der Waals surface area contributed by atoms with E-state index in [0.717, 1.165) is 5.56 Å². The number of aromatic nitrogens is 2. The van der Waals surface area contributed by atoms with E-state index in [4.69, 9.17) is 11.6 Å². The normalized spacial score (nSPS) is 16.8. The molecular formula is C21H20ClF2N3O2S. The van der Waals surface area contributed by atoms with E-state index in [1.165, 1.54) is 32.3 Å². The Kier molecular flexibility index (Phi) is 5.28. The Labute approximate surface area is 178 Å².